The molecule has 2 aromatic rings. The molecule has 0 amide bonds. The van der Waals surface area contributed by atoms with E-state index in [1.807, 2.05) is 6.92 Å². The monoisotopic (exact) mass is 663 g/mol. The minimum absolute atomic E-state index is 0.0729. The van der Waals surface area contributed by atoms with Crippen molar-refractivity contribution in [2.45, 2.75) is 32.1 Å². The highest BCUT2D eigenvalue weighted by atomic mass is 79.9. The lowest BCUT2D eigenvalue weighted by Gasteiger charge is -2.20. The van der Waals surface area contributed by atoms with Gasteiger partial charge in [0.2, 0.25) is 17.4 Å². The smallest absolute Gasteiger partial charge is 0.343 e. The third-order valence-electron chi connectivity index (χ3n) is 4.86. The number of esters is 2. The van der Waals surface area contributed by atoms with Gasteiger partial charge in [-0.15, -0.1) is 0 Å². The van der Waals surface area contributed by atoms with Crippen LogP contribution in [0.3, 0.4) is 0 Å². The maximum absolute atomic E-state index is 14.1. The summed E-state index contributed by atoms with van der Waals surface area (Å²) in [7, 11) is -5.92. The molecule has 0 N–H and O–H groups in total. The number of hydrogen-bond acceptors (Lipinski definition) is 8. The zero-order valence-corrected chi connectivity index (χ0v) is 22.7. The van der Waals surface area contributed by atoms with Crippen molar-refractivity contribution >= 4 is 53.9 Å². The van der Waals surface area contributed by atoms with Crippen LogP contribution in [0.4, 0.5) is 17.6 Å². The van der Waals surface area contributed by atoms with E-state index in [9.17, 15) is 40.1 Å². The van der Waals surface area contributed by atoms with E-state index in [4.69, 9.17) is 9.47 Å². The average molecular weight is 665 g/mol. The summed E-state index contributed by atoms with van der Waals surface area (Å²) in [6.45, 7) is 5.12. The second-order valence-electron chi connectivity index (χ2n) is 7.75. The Morgan fingerprint density at radius 2 is 1.44 bits per heavy atom. The van der Waals surface area contributed by atoms with Crippen LogP contribution in [0, 0.1) is 28.7 Å². The van der Waals surface area contributed by atoms with Crippen LogP contribution in [0.15, 0.2) is 26.0 Å². The molecule has 36 heavy (non-hydrogen) atoms. The van der Waals surface area contributed by atoms with Gasteiger partial charge in [-0.05, 0) is 64.3 Å². The van der Waals surface area contributed by atoms with Crippen LogP contribution in [0.2, 0.25) is 0 Å². The first-order valence-corrected chi connectivity index (χ1v) is 12.8. The molecule has 0 aliphatic carbocycles. The van der Waals surface area contributed by atoms with Crippen molar-refractivity contribution in [2.75, 3.05) is 13.2 Å². The maximum atomic E-state index is 14.1. The van der Waals surface area contributed by atoms with Crippen molar-refractivity contribution < 1.29 is 54.3 Å². The molecule has 198 valence electrons. The number of hydrogen-bond donors (Lipinski definition) is 0. The minimum Gasteiger partial charge on any atom is -0.744 e. The fraction of sp³-hybridized carbons (Fsp3) is 0.333. The van der Waals surface area contributed by atoms with Gasteiger partial charge in [0.05, 0.1) is 19.9 Å². The average Bonchev–Trinajstić information content (AvgIpc) is 2.78. The molecule has 0 aliphatic rings. The fourth-order valence-corrected chi connectivity index (χ4v) is 4.52. The first-order valence-electron chi connectivity index (χ1n) is 9.86. The summed E-state index contributed by atoms with van der Waals surface area (Å²) in [6.07, 6.45) is 0.566. The van der Waals surface area contributed by atoms with Gasteiger partial charge in [0, 0.05) is 0 Å². The van der Waals surface area contributed by atoms with E-state index in [1.54, 1.807) is 13.8 Å². The lowest BCUT2D eigenvalue weighted by Crippen LogP contribution is -2.27. The summed E-state index contributed by atoms with van der Waals surface area (Å²) in [4.78, 5) is 22.0. The second kappa shape index (κ2) is 11.4. The number of benzene rings is 2. The third kappa shape index (κ3) is 6.55. The summed E-state index contributed by atoms with van der Waals surface area (Å²) in [5.74, 6) is -13.5. The lowest BCUT2D eigenvalue weighted by molar-refractivity contribution is -0.154. The predicted molar refractivity (Wildman–Crippen MR) is 122 cm³/mol. The quantitative estimate of drug-likeness (QED) is 0.0891. The molecular formula is C21H17Br2F4O8S-. The van der Waals surface area contributed by atoms with Crippen molar-refractivity contribution in [3.63, 3.8) is 0 Å². The molecule has 0 saturated heterocycles. The summed E-state index contributed by atoms with van der Waals surface area (Å²) < 4.78 is 104. The van der Waals surface area contributed by atoms with Crippen LogP contribution in [-0.2, 0) is 19.6 Å². The highest BCUT2D eigenvalue weighted by Crippen LogP contribution is 2.36. The normalized spacial score (nSPS) is 11.8. The fourth-order valence-electron chi connectivity index (χ4n) is 2.49. The van der Waals surface area contributed by atoms with E-state index in [-0.39, 0.29) is 33.5 Å². The van der Waals surface area contributed by atoms with E-state index in [0.29, 0.717) is 6.42 Å². The Kier molecular flexibility index (Phi) is 9.53. The molecule has 0 heterocycles. The lowest BCUT2D eigenvalue weighted by atomic mass is 9.91. The van der Waals surface area contributed by atoms with Crippen molar-refractivity contribution in [2.24, 2.45) is 5.41 Å². The summed E-state index contributed by atoms with van der Waals surface area (Å²) in [6, 6.07) is 2.18. The minimum atomic E-state index is -5.92. The molecule has 0 bridgehead atoms. The molecular weight excluding hydrogens is 648 g/mol. The van der Waals surface area contributed by atoms with Gasteiger partial charge in [-0.25, -0.2) is 22.0 Å². The standard InChI is InChI=1S/C21H18Br2F4O8S/c1-4-21(2,3)20(29)34-6-5-33-16-10(22)7-9(8-11(16)23)19(28)35-17-12(24)14(26)18(36(30,31)32)15(27)13(17)25/h7-8H,4-6H2,1-3H3,(H,30,31,32)/p-1. The second-order valence-corrected chi connectivity index (χ2v) is 10.8. The van der Waals surface area contributed by atoms with Gasteiger partial charge in [0.15, 0.2) is 11.6 Å². The molecule has 0 radical (unpaired) electrons. The number of carbonyl (C=O) groups is 2. The topological polar surface area (TPSA) is 119 Å². The third-order valence-corrected chi connectivity index (χ3v) is 6.90. The number of carbonyl (C=O) groups excluding carboxylic acids is 2. The molecule has 0 unspecified atom stereocenters. The van der Waals surface area contributed by atoms with Gasteiger partial charge in [0.25, 0.3) is 0 Å². The Bertz CT molecular complexity index is 1260. The van der Waals surface area contributed by atoms with Gasteiger partial charge in [-0.3, -0.25) is 4.79 Å². The molecule has 0 atom stereocenters. The van der Waals surface area contributed by atoms with Gasteiger partial charge >= 0.3 is 11.9 Å². The van der Waals surface area contributed by atoms with Crippen molar-refractivity contribution in [1.82, 2.24) is 0 Å². The Hall–Kier alpha value is -2.23. The summed E-state index contributed by atoms with van der Waals surface area (Å²) >= 11 is 6.24. The first-order chi connectivity index (χ1) is 16.5. The zero-order chi connectivity index (χ0) is 27.6. The molecule has 0 saturated carbocycles. The Balaban J connectivity index is 2.21. The SMILES string of the molecule is CCC(C)(C)C(=O)OCCOc1c(Br)cc(C(=O)Oc2c(F)c(F)c(S(=O)(=O)[O-])c(F)c2F)cc1Br. The summed E-state index contributed by atoms with van der Waals surface area (Å²) in [5, 5.41) is 0. The number of rotatable bonds is 9. The van der Waals surface area contributed by atoms with Gasteiger partial charge in [-0.1, -0.05) is 6.92 Å². The van der Waals surface area contributed by atoms with Crippen molar-refractivity contribution in [1.29, 1.82) is 0 Å². The van der Waals surface area contributed by atoms with Crippen LogP contribution in [0.1, 0.15) is 37.6 Å². The van der Waals surface area contributed by atoms with Crippen LogP contribution >= 0.6 is 31.9 Å². The highest BCUT2D eigenvalue weighted by Gasteiger charge is 2.32. The van der Waals surface area contributed by atoms with Crippen LogP contribution in [0.5, 0.6) is 11.5 Å². The Morgan fingerprint density at radius 3 is 1.89 bits per heavy atom. The van der Waals surface area contributed by atoms with Crippen molar-refractivity contribution in [3.8, 4) is 11.5 Å². The first kappa shape index (κ1) is 30.0. The van der Waals surface area contributed by atoms with Crippen LogP contribution in [0.25, 0.3) is 0 Å². The Morgan fingerprint density at radius 1 is 0.944 bits per heavy atom. The van der Waals surface area contributed by atoms with Crippen LogP contribution < -0.4 is 9.47 Å². The molecule has 15 heteroatoms. The van der Waals surface area contributed by atoms with E-state index in [2.05, 4.69) is 36.6 Å². The van der Waals surface area contributed by atoms with Gasteiger partial charge in [-0.2, -0.15) is 8.78 Å². The molecule has 8 nitrogen and oxygen atoms in total. The molecule has 2 rings (SSSR count). The van der Waals surface area contributed by atoms with Crippen LogP contribution in [-0.4, -0.2) is 38.1 Å². The van der Waals surface area contributed by atoms with E-state index >= 15 is 0 Å². The van der Waals surface area contributed by atoms with E-state index < -0.39 is 61.4 Å². The molecule has 0 fully saturated rings. The highest BCUT2D eigenvalue weighted by molar-refractivity contribution is 9.11. The van der Waals surface area contributed by atoms with Gasteiger partial charge < -0.3 is 18.8 Å². The van der Waals surface area contributed by atoms with E-state index in [0.717, 1.165) is 12.1 Å². The number of halogens is 6. The molecule has 0 aliphatic heterocycles. The van der Waals surface area contributed by atoms with Crippen molar-refractivity contribution in [3.05, 3.63) is 49.9 Å². The number of ether oxygens (including phenoxy) is 3. The van der Waals surface area contributed by atoms with E-state index in [1.165, 1.54) is 0 Å². The summed E-state index contributed by atoms with van der Waals surface area (Å²) in [5.41, 5.74) is -1.05. The predicted octanol–water partition coefficient (Wildman–Crippen LogP) is 5.25. The zero-order valence-electron chi connectivity index (χ0n) is 18.7. The molecule has 2 aromatic carbocycles. The van der Waals surface area contributed by atoms with Gasteiger partial charge in [0.1, 0.15) is 34.0 Å². The Labute approximate surface area is 219 Å². The largest absolute Gasteiger partial charge is 0.744 e. The maximum Gasteiger partial charge on any atom is 0.343 e. The molecule has 0 spiro atoms. The molecule has 0 aromatic heterocycles.